The van der Waals surface area contributed by atoms with Gasteiger partial charge in [-0.05, 0) is 47.9 Å². The van der Waals surface area contributed by atoms with Crippen molar-refractivity contribution < 1.29 is 28.6 Å². The zero-order valence-electron chi connectivity index (χ0n) is 17.3. The highest BCUT2D eigenvalue weighted by Gasteiger charge is 2.35. The van der Waals surface area contributed by atoms with Gasteiger partial charge in [0.05, 0.1) is 17.9 Å². The van der Waals surface area contributed by atoms with E-state index in [4.69, 9.17) is 26.2 Å². The van der Waals surface area contributed by atoms with Crippen LogP contribution in [-0.4, -0.2) is 45.2 Å². The van der Waals surface area contributed by atoms with Gasteiger partial charge >= 0.3 is 12.1 Å². The van der Waals surface area contributed by atoms with Crippen LogP contribution in [0.25, 0.3) is 0 Å². The van der Waals surface area contributed by atoms with E-state index >= 15 is 0 Å². The summed E-state index contributed by atoms with van der Waals surface area (Å²) in [6, 6.07) is 8.31. The molecule has 10 heteroatoms. The molecule has 1 atom stereocenters. The minimum absolute atomic E-state index is 0.0793. The van der Waals surface area contributed by atoms with Crippen molar-refractivity contribution in [1.29, 1.82) is 0 Å². The Labute approximate surface area is 193 Å². The average Bonchev–Trinajstić information content (AvgIpc) is 2.81. The van der Waals surface area contributed by atoms with Crippen molar-refractivity contribution >= 4 is 23.7 Å². The molecule has 2 heterocycles. The van der Waals surface area contributed by atoms with Gasteiger partial charge in [-0.25, -0.2) is 14.0 Å². The van der Waals surface area contributed by atoms with Gasteiger partial charge in [0.15, 0.2) is 6.61 Å². The number of hydrogen-bond acceptors (Lipinski definition) is 6. The summed E-state index contributed by atoms with van der Waals surface area (Å²) in [5.74, 6) is -1.29. The molecule has 0 saturated heterocycles. The third-order valence-corrected chi connectivity index (χ3v) is 5.38. The van der Waals surface area contributed by atoms with Crippen LogP contribution in [0.15, 0.2) is 55.0 Å². The summed E-state index contributed by atoms with van der Waals surface area (Å²) < 4.78 is 24.9. The molecule has 0 radical (unpaired) electrons. The van der Waals surface area contributed by atoms with E-state index in [0.29, 0.717) is 28.3 Å². The Morgan fingerprint density at radius 3 is 2.79 bits per heavy atom. The molecule has 0 spiro atoms. The zero-order chi connectivity index (χ0) is 23.4. The van der Waals surface area contributed by atoms with Crippen LogP contribution in [0.1, 0.15) is 28.4 Å². The molecule has 33 heavy (non-hydrogen) atoms. The fourth-order valence-corrected chi connectivity index (χ4v) is 3.94. The average molecular weight is 472 g/mol. The predicted octanol–water partition coefficient (Wildman–Crippen LogP) is 4.02. The molecule has 170 valence electrons. The number of nitrogens with zero attached hydrogens (tertiary/aromatic N) is 3. The Hall–Kier alpha value is -3.72. The van der Waals surface area contributed by atoms with Crippen LogP contribution in [-0.2, 0) is 22.6 Å². The molecule has 0 saturated carbocycles. The van der Waals surface area contributed by atoms with E-state index in [9.17, 15) is 14.0 Å². The Balaban J connectivity index is 1.72. The van der Waals surface area contributed by atoms with Crippen molar-refractivity contribution in [2.45, 2.75) is 19.1 Å². The van der Waals surface area contributed by atoms with E-state index in [1.807, 2.05) is 0 Å². The third kappa shape index (κ3) is 5.20. The summed E-state index contributed by atoms with van der Waals surface area (Å²) in [5.41, 5.74) is 2.34. The largest absolute Gasteiger partial charge is 0.482 e. The minimum atomic E-state index is -1.15. The normalized spacial score (nSPS) is 15.0. The van der Waals surface area contributed by atoms with Crippen molar-refractivity contribution in [2.75, 3.05) is 13.2 Å². The predicted molar refractivity (Wildman–Crippen MR) is 115 cm³/mol. The van der Waals surface area contributed by atoms with E-state index in [2.05, 4.69) is 9.97 Å². The number of amides is 1. The molecule has 8 nitrogen and oxygen atoms in total. The molecule has 1 unspecified atom stereocenters. The van der Waals surface area contributed by atoms with Crippen LogP contribution >= 0.6 is 11.6 Å². The van der Waals surface area contributed by atoms with Gasteiger partial charge < -0.3 is 14.6 Å². The summed E-state index contributed by atoms with van der Waals surface area (Å²) in [6.45, 7) is -0.413. The SMILES string of the molecule is O=C(O)COc1ccc(Cl)cc1C1c2ccc(F)cc2CCN1C(=O)OCc1cnccn1. The summed E-state index contributed by atoms with van der Waals surface area (Å²) in [5, 5.41) is 9.42. The van der Waals surface area contributed by atoms with Gasteiger partial charge in [-0.15, -0.1) is 0 Å². The second kappa shape index (κ2) is 9.83. The minimum Gasteiger partial charge on any atom is -0.482 e. The van der Waals surface area contributed by atoms with Gasteiger partial charge in [-0.1, -0.05) is 17.7 Å². The van der Waals surface area contributed by atoms with Crippen LogP contribution in [0.3, 0.4) is 0 Å². The molecule has 2 aromatic carbocycles. The van der Waals surface area contributed by atoms with Gasteiger partial charge in [0, 0.05) is 29.5 Å². The standard InChI is InChI=1S/C23H19ClFN3O5/c24-15-1-4-20(32-13-21(29)30)19(10-15)22-18-3-2-16(25)9-14(18)5-8-28(22)23(31)33-12-17-11-26-6-7-27-17/h1-4,6-7,9-11,22H,5,8,12-13H2,(H,29,30). The first-order valence-electron chi connectivity index (χ1n) is 10.0. The smallest absolute Gasteiger partial charge is 0.410 e. The molecule has 1 amide bonds. The van der Waals surface area contributed by atoms with Crippen LogP contribution in [0, 0.1) is 5.82 Å². The number of halogens is 2. The maximum atomic E-state index is 13.9. The number of carbonyl (C=O) groups excluding carboxylic acids is 1. The van der Waals surface area contributed by atoms with Crippen molar-refractivity contribution in [1.82, 2.24) is 14.9 Å². The number of ether oxygens (including phenoxy) is 2. The fourth-order valence-electron chi connectivity index (χ4n) is 3.75. The first kappa shape index (κ1) is 22.5. The van der Waals surface area contributed by atoms with Gasteiger partial charge in [-0.3, -0.25) is 14.9 Å². The molecule has 1 aliphatic heterocycles. The molecule has 0 bridgehead atoms. The van der Waals surface area contributed by atoms with Crippen LogP contribution in [0.2, 0.25) is 5.02 Å². The van der Waals surface area contributed by atoms with Crippen molar-refractivity contribution in [3.8, 4) is 5.75 Å². The van der Waals surface area contributed by atoms with E-state index in [1.54, 1.807) is 24.3 Å². The third-order valence-electron chi connectivity index (χ3n) is 5.15. The molecule has 1 aromatic heterocycles. The molecular weight excluding hydrogens is 453 g/mol. The highest BCUT2D eigenvalue weighted by Crippen LogP contribution is 2.41. The van der Waals surface area contributed by atoms with Crippen molar-refractivity contribution in [3.63, 3.8) is 0 Å². The second-order valence-electron chi connectivity index (χ2n) is 7.30. The number of rotatable bonds is 6. The van der Waals surface area contributed by atoms with E-state index < -0.39 is 24.7 Å². The number of aromatic nitrogens is 2. The number of fused-ring (bicyclic) bond motifs is 1. The number of carboxylic acid groups (broad SMARTS) is 1. The Bertz CT molecular complexity index is 1180. The molecule has 1 N–H and O–H groups in total. The molecular formula is C23H19ClFN3O5. The summed E-state index contributed by atoms with van der Waals surface area (Å²) >= 11 is 6.24. The Kier molecular flexibility index (Phi) is 6.69. The van der Waals surface area contributed by atoms with E-state index in [0.717, 1.165) is 5.56 Å². The number of benzene rings is 2. The van der Waals surface area contributed by atoms with Crippen molar-refractivity contribution in [2.24, 2.45) is 0 Å². The number of carboxylic acids is 1. The Morgan fingerprint density at radius 2 is 2.03 bits per heavy atom. The lowest BCUT2D eigenvalue weighted by Gasteiger charge is -2.37. The van der Waals surface area contributed by atoms with Crippen LogP contribution < -0.4 is 4.74 Å². The number of carbonyl (C=O) groups is 2. The summed E-state index contributed by atoms with van der Waals surface area (Å²) in [7, 11) is 0. The first-order chi connectivity index (χ1) is 15.9. The maximum absolute atomic E-state index is 13.9. The summed E-state index contributed by atoms with van der Waals surface area (Å²) in [4.78, 5) is 33.7. The Morgan fingerprint density at radius 1 is 1.18 bits per heavy atom. The number of aliphatic carboxylic acids is 1. The summed E-state index contributed by atoms with van der Waals surface area (Å²) in [6.07, 6.45) is 4.30. The quantitative estimate of drug-likeness (QED) is 0.579. The molecule has 0 aliphatic carbocycles. The lowest BCUT2D eigenvalue weighted by molar-refractivity contribution is -0.139. The van der Waals surface area contributed by atoms with Gasteiger partial charge in [0.25, 0.3) is 0 Å². The maximum Gasteiger partial charge on any atom is 0.410 e. The molecule has 3 aromatic rings. The van der Waals surface area contributed by atoms with Gasteiger partial charge in [0.1, 0.15) is 18.2 Å². The monoisotopic (exact) mass is 471 g/mol. The highest BCUT2D eigenvalue weighted by molar-refractivity contribution is 6.30. The first-order valence-corrected chi connectivity index (χ1v) is 10.4. The van der Waals surface area contributed by atoms with Gasteiger partial charge in [-0.2, -0.15) is 0 Å². The highest BCUT2D eigenvalue weighted by atomic mass is 35.5. The van der Waals surface area contributed by atoms with E-state index in [1.165, 1.54) is 35.6 Å². The van der Waals surface area contributed by atoms with Crippen molar-refractivity contribution in [3.05, 3.63) is 88.2 Å². The topological polar surface area (TPSA) is 102 Å². The fraction of sp³-hybridized carbons (Fsp3) is 0.217. The zero-order valence-corrected chi connectivity index (χ0v) is 18.0. The number of hydrogen-bond donors (Lipinski definition) is 1. The molecule has 0 fully saturated rings. The molecule has 1 aliphatic rings. The lowest BCUT2D eigenvalue weighted by atomic mass is 9.88. The van der Waals surface area contributed by atoms with E-state index in [-0.39, 0.29) is 24.7 Å². The van der Waals surface area contributed by atoms with Gasteiger partial charge in [0.2, 0.25) is 0 Å². The van der Waals surface area contributed by atoms with Crippen LogP contribution in [0.4, 0.5) is 9.18 Å². The lowest BCUT2D eigenvalue weighted by Crippen LogP contribution is -2.41. The van der Waals surface area contributed by atoms with Crippen LogP contribution in [0.5, 0.6) is 5.75 Å². The molecule has 4 rings (SSSR count). The second-order valence-corrected chi connectivity index (χ2v) is 7.74.